The highest BCUT2D eigenvalue weighted by Gasteiger charge is 2.18. The molecule has 2 aromatic carbocycles. The molecule has 21 heavy (non-hydrogen) atoms. The molecule has 0 radical (unpaired) electrons. The van der Waals surface area contributed by atoms with E-state index in [4.69, 9.17) is 9.84 Å². The lowest BCUT2D eigenvalue weighted by molar-refractivity contribution is 0.0697. The molecule has 0 fully saturated rings. The van der Waals surface area contributed by atoms with Crippen molar-refractivity contribution in [1.82, 2.24) is 0 Å². The van der Waals surface area contributed by atoms with Gasteiger partial charge in [0, 0.05) is 6.54 Å². The van der Waals surface area contributed by atoms with Gasteiger partial charge in [0.25, 0.3) is 0 Å². The van der Waals surface area contributed by atoms with Crippen molar-refractivity contribution in [2.75, 3.05) is 18.1 Å². The quantitative estimate of drug-likeness (QED) is 0.940. The lowest BCUT2D eigenvalue weighted by atomic mass is 10.0. The van der Waals surface area contributed by atoms with E-state index in [9.17, 15) is 4.79 Å². The van der Waals surface area contributed by atoms with Crippen molar-refractivity contribution in [3.05, 3.63) is 59.2 Å². The zero-order valence-corrected chi connectivity index (χ0v) is 11.9. The predicted octanol–water partition coefficient (Wildman–Crippen LogP) is 3.09. The number of ether oxygens (including phenoxy) is 1. The van der Waals surface area contributed by atoms with Crippen molar-refractivity contribution < 1.29 is 14.6 Å². The number of rotatable bonds is 3. The summed E-state index contributed by atoms with van der Waals surface area (Å²) < 4.78 is 5.65. The molecule has 0 atom stereocenters. The normalized spacial score (nSPS) is 13.5. The highest BCUT2D eigenvalue weighted by molar-refractivity contribution is 5.87. The van der Waals surface area contributed by atoms with Crippen LogP contribution in [0.4, 0.5) is 5.69 Å². The lowest BCUT2D eigenvalue weighted by Gasteiger charge is -2.31. The van der Waals surface area contributed by atoms with E-state index < -0.39 is 5.97 Å². The molecule has 3 rings (SSSR count). The molecule has 1 aliphatic heterocycles. The summed E-state index contributed by atoms with van der Waals surface area (Å²) in [5, 5.41) is 9.02. The molecule has 0 saturated carbocycles. The van der Waals surface area contributed by atoms with Crippen molar-refractivity contribution in [3.63, 3.8) is 0 Å². The van der Waals surface area contributed by atoms with E-state index in [1.54, 1.807) is 12.1 Å². The van der Waals surface area contributed by atoms with Crippen molar-refractivity contribution in [2.24, 2.45) is 0 Å². The average Bonchev–Trinajstić information content (AvgIpc) is 2.49. The fourth-order valence-corrected chi connectivity index (χ4v) is 2.60. The molecule has 1 aliphatic rings. The minimum absolute atomic E-state index is 0.332. The molecule has 0 unspecified atom stereocenters. The number of aromatic carboxylic acids is 1. The molecule has 1 N–H and O–H groups in total. The number of anilines is 1. The monoisotopic (exact) mass is 283 g/mol. The maximum atomic E-state index is 11.0. The minimum atomic E-state index is -0.888. The van der Waals surface area contributed by atoms with Crippen LogP contribution in [0, 0.1) is 6.92 Å². The van der Waals surface area contributed by atoms with Gasteiger partial charge >= 0.3 is 5.97 Å². The average molecular weight is 283 g/mol. The zero-order valence-electron chi connectivity index (χ0n) is 11.9. The molecule has 4 heteroatoms. The Kier molecular flexibility index (Phi) is 3.52. The van der Waals surface area contributed by atoms with E-state index in [1.165, 1.54) is 0 Å². The minimum Gasteiger partial charge on any atom is -0.490 e. The third-order valence-corrected chi connectivity index (χ3v) is 3.78. The second kappa shape index (κ2) is 5.48. The van der Waals surface area contributed by atoms with Crippen LogP contribution in [-0.2, 0) is 6.54 Å². The first kappa shape index (κ1) is 13.5. The third kappa shape index (κ3) is 2.70. The number of carboxylic acid groups (broad SMARTS) is 1. The number of para-hydroxylation sites is 2. The Hall–Kier alpha value is -2.49. The van der Waals surface area contributed by atoms with Gasteiger partial charge in [0.05, 0.1) is 17.8 Å². The van der Waals surface area contributed by atoms with Crippen LogP contribution in [0.1, 0.15) is 21.5 Å². The van der Waals surface area contributed by atoms with E-state index >= 15 is 0 Å². The highest BCUT2D eigenvalue weighted by Crippen LogP contribution is 2.32. The van der Waals surface area contributed by atoms with Gasteiger partial charge in [-0.1, -0.05) is 18.2 Å². The van der Waals surface area contributed by atoms with Crippen LogP contribution in [0.15, 0.2) is 42.5 Å². The topological polar surface area (TPSA) is 49.8 Å². The summed E-state index contributed by atoms with van der Waals surface area (Å²) in [7, 11) is 0. The van der Waals surface area contributed by atoms with Gasteiger partial charge in [-0.05, 0) is 42.3 Å². The van der Waals surface area contributed by atoms with Gasteiger partial charge in [0.1, 0.15) is 12.4 Å². The Labute approximate surface area is 123 Å². The van der Waals surface area contributed by atoms with Crippen LogP contribution in [0.3, 0.4) is 0 Å². The van der Waals surface area contributed by atoms with Gasteiger partial charge in [-0.15, -0.1) is 0 Å². The summed E-state index contributed by atoms with van der Waals surface area (Å²) in [6.45, 7) is 4.21. The third-order valence-electron chi connectivity index (χ3n) is 3.78. The van der Waals surface area contributed by atoms with Crippen LogP contribution in [-0.4, -0.2) is 24.2 Å². The van der Waals surface area contributed by atoms with E-state index in [1.807, 2.05) is 31.2 Å². The Balaban J connectivity index is 1.86. The molecule has 0 spiro atoms. The van der Waals surface area contributed by atoms with Gasteiger partial charge in [0.15, 0.2) is 0 Å². The molecule has 0 aliphatic carbocycles. The van der Waals surface area contributed by atoms with Gasteiger partial charge in [0.2, 0.25) is 0 Å². The summed E-state index contributed by atoms with van der Waals surface area (Å²) in [5.41, 5.74) is 3.56. The number of carbonyl (C=O) groups is 1. The van der Waals surface area contributed by atoms with E-state index in [0.717, 1.165) is 35.7 Å². The van der Waals surface area contributed by atoms with Crippen LogP contribution in [0.5, 0.6) is 5.75 Å². The summed E-state index contributed by atoms with van der Waals surface area (Å²) in [6.07, 6.45) is 0. The highest BCUT2D eigenvalue weighted by atomic mass is 16.5. The van der Waals surface area contributed by atoms with Crippen LogP contribution >= 0.6 is 0 Å². The predicted molar refractivity (Wildman–Crippen MR) is 81.1 cm³/mol. The second-order valence-corrected chi connectivity index (χ2v) is 5.18. The Morgan fingerprint density at radius 2 is 2.10 bits per heavy atom. The second-order valence-electron chi connectivity index (χ2n) is 5.18. The first-order valence-electron chi connectivity index (χ1n) is 6.95. The number of aryl methyl sites for hydroxylation is 1. The van der Waals surface area contributed by atoms with Gasteiger partial charge < -0.3 is 14.7 Å². The largest absolute Gasteiger partial charge is 0.490 e. The number of hydrogen-bond acceptors (Lipinski definition) is 3. The summed E-state index contributed by atoms with van der Waals surface area (Å²) in [5.74, 6) is 0.0185. The molecular formula is C17H17NO3. The fourth-order valence-electron chi connectivity index (χ4n) is 2.60. The standard InChI is InChI=1S/C17H17NO3/c1-12-10-13(17(19)20)6-7-14(12)11-18-8-9-21-16-5-3-2-4-15(16)18/h2-7,10H,8-9,11H2,1H3,(H,19,20). The Morgan fingerprint density at radius 3 is 2.86 bits per heavy atom. The molecule has 4 nitrogen and oxygen atoms in total. The van der Waals surface area contributed by atoms with Crippen LogP contribution in [0.2, 0.25) is 0 Å². The van der Waals surface area contributed by atoms with Crippen molar-refractivity contribution in [2.45, 2.75) is 13.5 Å². The first-order valence-corrected chi connectivity index (χ1v) is 6.95. The number of nitrogens with zero attached hydrogens (tertiary/aromatic N) is 1. The lowest BCUT2D eigenvalue weighted by Crippen LogP contribution is -2.32. The first-order chi connectivity index (χ1) is 10.1. The molecular weight excluding hydrogens is 266 g/mol. The molecule has 1 heterocycles. The van der Waals surface area contributed by atoms with Crippen LogP contribution in [0.25, 0.3) is 0 Å². The van der Waals surface area contributed by atoms with Gasteiger partial charge in [-0.2, -0.15) is 0 Å². The summed E-state index contributed by atoms with van der Waals surface area (Å²) in [4.78, 5) is 13.3. The maximum absolute atomic E-state index is 11.0. The number of carboxylic acids is 1. The molecule has 0 aromatic heterocycles. The fraction of sp³-hybridized carbons (Fsp3) is 0.235. The van der Waals surface area contributed by atoms with Crippen molar-refractivity contribution >= 4 is 11.7 Å². The number of benzene rings is 2. The SMILES string of the molecule is Cc1cc(C(=O)O)ccc1CN1CCOc2ccccc21. The number of fused-ring (bicyclic) bond motifs is 1. The molecule has 0 bridgehead atoms. The van der Waals surface area contributed by atoms with Crippen molar-refractivity contribution in [3.8, 4) is 5.75 Å². The number of hydrogen-bond donors (Lipinski definition) is 1. The van der Waals surface area contributed by atoms with E-state index in [-0.39, 0.29) is 0 Å². The summed E-state index contributed by atoms with van der Waals surface area (Å²) in [6, 6.07) is 13.3. The molecule has 2 aromatic rings. The molecule has 0 saturated heterocycles. The van der Waals surface area contributed by atoms with E-state index in [0.29, 0.717) is 12.2 Å². The van der Waals surface area contributed by atoms with Gasteiger partial charge in [-0.3, -0.25) is 0 Å². The smallest absolute Gasteiger partial charge is 0.335 e. The maximum Gasteiger partial charge on any atom is 0.335 e. The summed E-state index contributed by atoms with van der Waals surface area (Å²) >= 11 is 0. The Morgan fingerprint density at radius 1 is 1.29 bits per heavy atom. The molecule has 0 amide bonds. The van der Waals surface area contributed by atoms with Crippen molar-refractivity contribution in [1.29, 1.82) is 0 Å². The van der Waals surface area contributed by atoms with E-state index in [2.05, 4.69) is 11.0 Å². The molecule has 108 valence electrons. The van der Waals surface area contributed by atoms with Crippen LogP contribution < -0.4 is 9.64 Å². The zero-order chi connectivity index (χ0) is 14.8. The Bertz CT molecular complexity index is 681. The van der Waals surface area contributed by atoms with Gasteiger partial charge in [-0.25, -0.2) is 4.79 Å².